The predicted octanol–water partition coefficient (Wildman–Crippen LogP) is 0.192. The lowest BCUT2D eigenvalue weighted by atomic mass is 10.4. The van der Waals surface area contributed by atoms with Gasteiger partial charge < -0.3 is 5.73 Å². The van der Waals surface area contributed by atoms with E-state index in [4.69, 9.17) is 5.73 Å². The molecule has 0 bridgehead atoms. The normalized spacial score (nSPS) is 14.4. The highest BCUT2D eigenvalue weighted by atomic mass is 32.2. The molecule has 0 aliphatic heterocycles. The Morgan fingerprint density at radius 2 is 2.21 bits per heavy atom. The fraction of sp³-hybridized carbons (Fsp3) is 0.800. The van der Waals surface area contributed by atoms with Gasteiger partial charge in [0.1, 0.15) is 5.25 Å². The molecular weight excluding hydrogens is 219 g/mol. The molecule has 0 aliphatic rings. The molecule has 0 fully saturated rings. The molecule has 1 rings (SSSR count). The molecule has 0 radical (unpaired) electrons. The van der Waals surface area contributed by atoms with Crippen LogP contribution < -0.4 is 5.73 Å². The van der Waals surface area contributed by atoms with Gasteiger partial charge in [0.25, 0.3) is 0 Å². The zero-order chi connectivity index (χ0) is 10.8. The molecule has 0 aromatic carbocycles. The third-order valence-electron chi connectivity index (χ3n) is 1.41. The molecule has 1 aromatic heterocycles. The highest BCUT2D eigenvalue weighted by Crippen LogP contribution is 2.32. The smallest absolute Gasteiger partial charge is 0.329 e. The number of rotatable bonds is 3. The summed E-state index contributed by atoms with van der Waals surface area (Å²) in [4.78, 5) is 0. The van der Waals surface area contributed by atoms with Crippen molar-refractivity contribution in [3.8, 4) is 0 Å². The van der Waals surface area contributed by atoms with Gasteiger partial charge in [0, 0.05) is 13.6 Å². The molecule has 1 aromatic rings. The molecule has 80 valence electrons. The number of thioether (sulfide) groups is 1. The lowest BCUT2D eigenvalue weighted by molar-refractivity contribution is -0.126. The van der Waals surface area contributed by atoms with Crippen LogP contribution in [0.1, 0.15) is 0 Å². The van der Waals surface area contributed by atoms with Gasteiger partial charge >= 0.3 is 6.18 Å². The Hall–Kier alpha value is -0.830. The van der Waals surface area contributed by atoms with Crippen molar-refractivity contribution in [1.29, 1.82) is 0 Å². The zero-order valence-corrected chi connectivity index (χ0v) is 8.01. The lowest BCUT2D eigenvalue weighted by Crippen LogP contribution is -2.33. The summed E-state index contributed by atoms with van der Waals surface area (Å²) in [6, 6.07) is 0. The molecule has 5 nitrogen and oxygen atoms in total. The van der Waals surface area contributed by atoms with Crippen LogP contribution in [0.15, 0.2) is 5.16 Å². The van der Waals surface area contributed by atoms with Gasteiger partial charge in [0.15, 0.2) is 0 Å². The molecule has 1 atom stereocenters. The van der Waals surface area contributed by atoms with E-state index in [1.807, 2.05) is 0 Å². The van der Waals surface area contributed by atoms with Crippen molar-refractivity contribution >= 4 is 11.8 Å². The summed E-state index contributed by atoms with van der Waals surface area (Å²) in [5.74, 6) is 0. The fourth-order valence-corrected chi connectivity index (χ4v) is 1.45. The molecule has 1 unspecified atom stereocenters. The Morgan fingerprint density at radius 3 is 2.57 bits per heavy atom. The standard InChI is InChI=1S/C5H8F3N5S/c1-13-4(10-11-12-13)14-3(2-9)5(6,7)8/h3H,2,9H2,1H3. The summed E-state index contributed by atoms with van der Waals surface area (Å²) in [5.41, 5.74) is 5.01. The number of hydrogen-bond donors (Lipinski definition) is 1. The Balaban J connectivity index is 2.71. The number of nitrogens with two attached hydrogens (primary N) is 1. The van der Waals surface area contributed by atoms with Gasteiger partial charge in [-0.25, -0.2) is 4.68 Å². The predicted molar refractivity (Wildman–Crippen MR) is 43.6 cm³/mol. The molecular formula is C5H8F3N5S. The number of tetrazole rings is 1. The van der Waals surface area contributed by atoms with Crippen LogP contribution >= 0.6 is 11.8 Å². The monoisotopic (exact) mass is 227 g/mol. The van der Waals surface area contributed by atoms with Crippen LogP contribution in [-0.2, 0) is 7.05 Å². The molecule has 0 saturated heterocycles. The largest absolute Gasteiger partial charge is 0.402 e. The molecule has 0 amide bonds. The van der Waals surface area contributed by atoms with Crippen LogP contribution in [0.2, 0.25) is 0 Å². The summed E-state index contributed by atoms with van der Waals surface area (Å²) in [7, 11) is 1.46. The SMILES string of the molecule is Cn1nnnc1SC(CN)C(F)(F)F. The zero-order valence-electron chi connectivity index (χ0n) is 7.19. The van der Waals surface area contributed by atoms with E-state index in [1.165, 1.54) is 11.7 Å². The van der Waals surface area contributed by atoms with Crippen LogP contribution in [0.4, 0.5) is 13.2 Å². The van der Waals surface area contributed by atoms with Crippen molar-refractivity contribution in [3.63, 3.8) is 0 Å². The van der Waals surface area contributed by atoms with Gasteiger partial charge in [-0.3, -0.25) is 0 Å². The summed E-state index contributed by atoms with van der Waals surface area (Å²) in [6.07, 6.45) is -4.34. The van der Waals surface area contributed by atoms with Crippen LogP contribution in [-0.4, -0.2) is 38.2 Å². The third-order valence-corrected chi connectivity index (χ3v) is 2.71. The average Bonchev–Trinajstić information content (AvgIpc) is 2.45. The van der Waals surface area contributed by atoms with Gasteiger partial charge in [-0.2, -0.15) is 13.2 Å². The number of aryl methyl sites for hydroxylation is 1. The fourth-order valence-electron chi connectivity index (χ4n) is 0.697. The molecule has 9 heteroatoms. The Labute approximate surface area is 81.8 Å². The summed E-state index contributed by atoms with van der Waals surface area (Å²) in [6.45, 7) is -0.499. The van der Waals surface area contributed by atoms with E-state index in [2.05, 4.69) is 15.5 Å². The Morgan fingerprint density at radius 1 is 1.57 bits per heavy atom. The van der Waals surface area contributed by atoms with E-state index in [1.54, 1.807) is 0 Å². The summed E-state index contributed by atoms with van der Waals surface area (Å²) < 4.78 is 38.0. The van der Waals surface area contributed by atoms with Gasteiger partial charge in [-0.1, -0.05) is 11.8 Å². The van der Waals surface area contributed by atoms with Gasteiger partial charge in [0.2, 0.25) is 5.16 Å². The molecule has 0 spiro atoms. The van der Waals surface area contributed by atoms with Gasteiger partial charge in [0.05, 0.1) is 0 Å². The molecule has 14 heavy (non-hydrogen) atoms. The maximum absolute atomic E-state index is 12.3. The topological polar surface area (TPSA) is 69.6 Å². The van der Waals surface area contributed by atoms with E-state index < -0.39 is 18.0 Å². The molecule has 2 N–H and O–H groups in total. The first-order valence-electron chi connectivity index (χ1n) is 3.61. The van der Waals surface area contributed by atoms with Crippen molar-refractivity contribution in [2.24, 2.45) is 12.8 Å². The quantitative estimate of drug-likeness (QED) is 0.746. The second-order valence-corrected chi connectivity index (χ2v) is 3.64. The van der Waals surface area contributed by atoms with E-state index in [0.717, 1.165) is 0 Å². The maximum Gasteiger partial charge on any atom is 0.402 e. The van der Waals surface area contributed by atoms with Crippen molar-refractivity contribution in [3.05, 3.63) is 0 Å². The Kier molecular flexibility index (Phi) is 3.32. The maximum atomic E-state index is 12.3. The second-order valence-electron chi connectivity index (χ2n) is 2.47. The van der Waals surface area contributed by atoms with E-state index in [0.29, 0.717) is 11.8 Å². The van der Waals surface area contributed by atoms with Gasteiger partial charge in [-0.05, 0) is 10.4 Å². The average molecular weight is 227 g/mol. The van der Waals surface area contributed by atoms with E-state index in [-0.39, 0.29) is 5.16 Å². The summed E-state index contributed by atoms with van der Waals surface area (Å²) in [5, 5.41) is 8.49. The van der Waals surface area contributed by atoms with Crippen molar-refractivity contribution in [2.45, 2.75) is 16.6 Å². The second kappa shape index (κ2) is 4.13. The van der Waals surface area contributed by atoms with E-state index >= 15 is 0 Å². The first-order chi connectivity index (χ1) is 6.45. The van der Waals surface area contributed by atoms with Crippen LogP contribution in [0.5, 0.6) is 0 Å². The molecule has 0 aliphatic carbocycles. The van der Waals surface area contributed by atoms with E-state index in [9.17, 15) is 13.2 Å². The molecule has 1 heterocycles. The lowest BCUT2D eigenvalue weighted by Gasteiger charge is -2.16. The minimum atomic E-state index is -4.34. The van der Waals surface area contributed by atoms with Crippen LogP contribution in [0.3, 0.4) is 0 Å². The van der Waals surface area contributed by atoms with Crippen LogP contribution in [0.25, 0.3) is 0 Å². The Bertz CT molecular complexity index is 298. The first kappa shape index (κ1) is 11.2. The van der Waals surface area contributed by atoms with Crippen molar-refractivity contribution in [1.82, 2.24) is 20.2 Å². The number of aromatic nitrogens is 4. The van der Waals surface area contributed by atoms with Crippen molar-refractivity contribution < 1.29 is 13.2 Å². The minimum absolute atomic E-state index is 0.0952. The minimum Gasteiger partial charge on any atom is -0.329 e. The number of hydrogen-bond acceptors (Lipinski definition) is 5. The number of nitrogens with zero attached hydrogens (tertiary/aromatic N) is 4. The number of alkyl halides is 3. The van der Waals surface area contributed by atoms with Gasteiger partial charge in [-0.15, -0.1) is 5.10 Å². The van der Waals surface area contributed by atoms with Crippen molar-refractivity contribution in [2.75, 3.05) is 6.54 Å². The highest BCUT2D eigenvalue weighted by Gasteiger charge is 2.40. The highest BCUT2D eigenvalue weighted by molar-refractivity contribution is 7.99. The van der Waals surface area contributed by atoms with Crippen LogP contribution in [0, 0.1) is 0 Å². The third kappa shape index (κ3) is 2.58. The summed E-state index contributed by atoms with van der Waals surface area (Å²) >= 11 is 0.506. The molecule has 0 saturated carbocycles. The first-order valence-corrected chi connectivity index (χ1v) is 4.49. The number of halogens is 3.